The van der Waals surface area contributed by atoms with Crippen LogP contribution in [0.15, 0.2) is 173 Å². The number of nitrogens with zero attached hydrogens (tertiary/aromatic N) is 2. The van der Waals surface area contributed by atoms with Crippen LogP contribution in [0, 0.1) is 0 Å². The molecule has 0 aliphatic heterocycles. The molecule has 0 N–H and O–H groups in total. The minimum absolute atomic E-state index is 0.590. The summed E-state index contributed by atoms with van der Waals surface area (Å²) in [5.41, 5.74) is 12.2. The lowest BCUT2D eigenvalue weighted by Crippen LogP contribution is -1.94. The van der Waals surface area contributed by atoms with Crippen molar-refractivity contribution in [1.82, 2.24) is 9.55 Å². The summed E-state index contributed by atoms with van der Waals surface area (Å²) in [6, 6.07) is 53.4. The summed E-state index contributed by atoms with van der Waals surface area (Å²) < 4.78 is 15.9. The lowest BCUT2D eigenvalue weighted by atomic mass is 9.97. The van der Waals surface area contributed by atoms with Crippen LogP contribution in [0.2, 0.25) is 0 Å². The zero-order valence-electron chi connectivity index (χ0n) is 28.1. The Morgan fingerprint density at radius 2 is 1.38 bits per heavy atom. The Hall–Kier alpha value is -6.91. The fraction of sp³-hybridized carbons (Fsp3) is 0.0208. The lowest BCUT2D eigenvalue weighted by molar-refractivity contribution is 0.599. The molecule has 1 aliphatic carbocycles. The van der Waals surface area contributed by atoms with Crippen molar-refractivity contribution in [2.24, 2.45) is 0 Å². The summed E-state index contributed by atoms with van der Waals surface area (Å²) in [7, 11) is 0. The van der Waals surface area contributed by atoms with E-state index in [1.807, 2.05) is 12.1 Å². The zero-order chi connectivity index (χ0) is 34.2. The molecule has 1 aliphatic rings. The van der Waals surface area contributed by atoms with Crippen molar-refractivity contribution < 1.29 is 8.83 Å². The molecule has 0 radical (unpaired) electrons. The Morgan fingerprint density at radius 1 is 0.577 bits per heavy atom. The minimum atomic E-state index is 0.590. The maximum absolute atomic E-state index is 6.85. The van der Waals surface area contributed by atoms with Gasteiger partial charge in [-0.15, -0.1) is 0 Å². The third-order valence-electron chi connectivity index (χ3n) is 10.4. The van der Waals surface area contributed by atoms with Gasteiger partial charge in [-0.3, -0.25) is 0 Å². The smallest absolute Gasteiger partial charge is 0.228 e. The van der Waals surface area contributed by atoms with Crippen molar-refractivity contribution in [3.05, 3.63) is 181 Å². The predicted octanol–water partition coefficient (Wildman–Crippen LogP) is 13.0. The van der Waals surface area contributed by atoms with Crippen LogP contribution in [0.3, 0.4) is 0 Å². The average molecular weight is 667 g/mol. The summed E-state index contributed by atoms with van der Waals surface area (Å²) >= 11 is 0. The first kappa shape index (κ1) is 28.9. The maximum atomic E-state index is 6.85. The molecule has 0 spiro atoms. The second-order valence-electron chi connectivity index (χ2n) is 13.4. The van der Waals surface area contributed by atoms with Gasteiger partial charge in [-0.1, -0.05) is 121 Å². The third kappa shape index (κ3) is 4.38. The molecule has 10 aromatic rings. The Labute approximate surface area is 299 Å². The van der Waals surface area contributed by atoms with Crippen molar-refractivity contribution in [3.8, 4) is 28.3 Å². The number of allylic oxidation sites excluding steroid dienone is 2. The van der Waals surface area contributed by atoms with E-state index in [-0.39, 0.29) is 0 Å². The number of hydrogen-bond acceptors (Lipinski definition) is 3. The maximum Gasteiger partial charge on any atom is 0.228 e. The van der Waals surface area contributed by atoms with Gasteiger partial charge in [0.1, 0.15) is 16.9 Å². The molecule has 0 fully saturated rings. The number of hydrogen-bond donors (Lipinski definition) is 0. The summed E-state index contributed by atoms with van der Waals surface area (Å²) in [5.74, 6) is 1.44. The van der Waals surface area contributed by atoms with Crippen molar-refractivity contribution in [2.45, 2.75) is 6.42 Å². The number of aromatic nitrogens is 2. The van der Waals surface area contributed by atoms with Gasteiger partial charge in [0.25, 0.3) is 0 Å². The molecule has 244 valence electrons. The quantitative estimate of drug-likeness (QED) is 0.188. The second kappa shape index (κ2) is 11.3. The fourth-order valence-corrected chi connectivity index (χ4v) is 8.07. The molecular formula is C48H30N2O2. The van der Waals surface area contributed by atoms with Gasteiger partial charge in [0.05, 0.1) is 16.4 Å². The topological polar surface area (TPSA) is 44.1 Å². The van der Waals surface area contributed by atoms with Crippen LogP contribution in [0.25, 0.3) is 94.6 Å². The molecule has 0 saturated heterocycles. The molecule has 0 atom stereocenters. The molecule has 11 rings (SSSR count). The van der Waals surface area contributed by atoms with Crippen LogP contribution in [0.1, 0.15) is 23.3 Å². The van der Waals surface area contributed by atoms with Crippen LogP contribution < -0.4 is 0 Å². The van der Waals surface area contributed by atoms with E-state index in [0.29, 0.717) is 5.89 Å². The third-order valence-corrected chi connectivity index (χ3v) is 10.4. The van der Waals surface area contributed by atoms with Crippen molar-refractivity contribution in [2.75, 3.05) is 0 Å². The zero-order valence-corrected chi connectivity index (χ0v) is 28.1. The largest absolute Gasteiger partial charge is 0.455 e. The normalized spacial score (nSPS) is 13.0. The van der Waals surface area contributed by atoms with E-state index in [4.69, 9.17) is 13.8 Å². The molecule has 0 bridgehead atoms. The number of benzene rings is 7. The molecular weight excluding hydrogens is 637 g/mol. The highest BCUT2D eigenvalue weighted by Gasteiger charge is 2.25. The van der Waals surface area contributed by atoms with Crippen LogP contribution in [-0.2, 0) is 0 Å². The number of oxazole rings is 1. The first-order valence-corrected chi connectivity index (χ1v) is 17.7. The average Bonchev–Trinajstić information content (AvgIpc) is 3.86. The standard InChI is InChI=1S/C48H30N2O2/c1-2-12-30(13-3-1)33-16-10-17-35(29-33)50-41-22-9-8-19-37(41)44-39(21-11-23-42(44)50)48-49-40-26-27-43-45(47(40)52-48)38-20-7-6-18-36(46(38)51-43)34-25-24-31-14-4-5-15-32(31)28-34/h1-5,7-29H,6H2. The molecule has 0 unspecified atom stereocenters. The number of fused-ring (bicyclic) bond motifs is 9. The molecule has 0 saturated carbocycles. The van der Waals surface area contributed by atoms with Crippen molar-refractivity contribution in [3.63, 3.8) is 0 Å². The van der Waals surface area contributed by atoms with Gasteiger partial charge in [-0.2, -0.15) is 0 Å². The van der Waals surface area contributed by atoms with Crippen molar-refractivity contribution >= 4 is 66.3 Å². The molecule has 4 heteroatoms. The summed E-state index contributed by atoms with van der Waals surface area (Å²) in [6.45, 7) is 0. The highest BCUT2D eigenvalue weighted by atomic mass is 16.4. The number of para-hydroxylation sites is 1. The number of furan rings is 1. The Morgan fingerprint density at radius 3 is 2.33 bits per heavy atom. The van der Waals surface area contributed by atoms with Gasteiger partial charge in [-0.05, 0) is 82.4 Å². The van der Waals surface area contributed by atoms with E-state index in [1.165, 1.54) is 21.9 Å². The lowest BCUT2D eigenvalue weighted by Gasteiger charge is -2.10. The Bertz CT molecular complexity index is 3100. The van der Waals surface area contributed by atoms with Crippen LogP contribution in [-0.4, -0.2) is 9.55 Å². The summed E-state index contributed by atoms with van der Waals surface area (Å²) in [6.07, 6.45) is 7.43. The molecule has 7 aromatic carbocycles. The SMILES string of the molecule is C1=Cc2c(oc3ccc4nc(-c5cccc6c5c5ccccc5n6-c5cccc(-c6ccccc6)c5)oc4c23)C(c2ccc3ccccc3c2)=CC1. The van der Waals surface area contributed by atoms with Crippen LogP contribution in [0.4, 0.5) is 0 Å². The van der Waals surface area contributed by atoms with Crippen LogP contribution >= 0.6 is 0 Å². The minimum Gasteiger partial charge on any atom is -0.455 e. The van der Waals surface area contributed by atoms with E-state index in [1.54, 1.807) is 0 Å². The molecule has 4 nitrogen and oxygen atoms in total. The van der Waals surface area contributed by atoms with E-state index >= 15 is 0 Å². The van der Waals surface area contributed by atoms with E-state index in [0.717, 1.165) is 84.0 Å². The monoisotopic (exact) mass is 666 g/mol. The Balaban J connectivity index is 1.09. The van der Waals surface area contributed by atoms with E-state index in [9.17, 15) is 0 Å². The van der Waals surface area contributed by atoms with Gasteiger partial charge in [-0.25, -0.2) is 4.98 Å². The highest BCUT2D eigenvalue weighted by molar-refractivity contribution is 6.16. The number of rotatable bonds is 4. The first-order valence-electron chi connectivity index (χ1n) is 17.7. The Kier molecular flexibility index (Phi) is 6.28. The van der Waals surface area contributed by atoms with E-state index < -0.39 is 0 Å². The van der Waals surface area contributed by atoms with Gasteiger partial charge in [0, 0.05) is 33.2 Å². The molecule has 0 amide bonds. The fourth-order valence-electron chi connectivity index (χ4n) is 8.07. The van der Waals surface area contributed by atoms with Crippen LogP contribution in [0.5, 0.6) is 0 Å². The van der Waals surface area contributed by atoms with Gasteiger partial charge in [0.15, 0.2) is 5.58 Å². The van der Waals surface area contributed by atoms with Gasteiger partial charge >= 0.3 is 0 Å². The highest BCUT2D eigenvalue weighted by Crippen LogP contribution is 2.44. The predicted molar refractivity (Wildman–Crippen MR) is 214 cm³/mol. The summed E-state index contributed by atoms with van der Waals surface area (Å²) in [5, 5.41) is 5.63. The summed E-state index contributed by atoms with van der Waals surface area (Å²) in [4.78, 5) is 5.13. The molecule has 52 heavy (non-hydrogen) atoms. The second-order valence-corrected chi connectivity index (χ2v) is 13.4. The van der Waals surface area contributed by atoms with Gasteiger partial charge < -0.3 is 13.4 Å². The first-order chi connectivity index (χ1) is 25.8. The molecule has 3 aromatic heterocycles. The van der Waals surface area contributed by atoms with E-state index in [2.05, 4.69) is 162 Å². The molecule has 3 heterocycles. The van der Waals surface area contributed by atoms with Gasteiger partial charge in [0.2, 0.25) is 5.89 Å². The van der Waals surface area contributed by atoms with Crippen molar-refractivity contribution in [1.29, 1.82) is 0 Å².